The van der Waals surface area contributed by atoms with Crippen molar-refractivity contribution in [1.82, 2.24) is 0 Å². The van der Waals surface area contributed by atoms with Gasteiger partial charge in [-0.2, -0.15) is 0 Å². The van der Waals surface area contributed by atoms with Crippen LogP contribution >= 0.6 is 0 Å². The van der Waals surface area contributed by atoms with Crippen LogP contribution < -0.4 is 5.19 Å². The molecular formula is C21H20OSi. The van der Waals surface area contributed by atoms with Crippen molar-refractivity contribution in [3.05, 3.63) is 66.7 Å². The molecule has 0 saturated heterocycles. The fourth-order valence-corrected chi connectivity index (χ4v) is 4.94. The van der Waals surface area contributed by atoms with Crippen LogP contribution in [-0.2, 0) is 4.43 Å². The van der Waals surface area contributed by atoms with Crippen LogP contribution in [-0.4, -0.2) is 15.4 Å². The number of rotatable bonds is 2. The number of hydrogen-bond acceptors (Lipinski definition) is 1. The molecule has 0 aromatic heterocycles. The SMILES string of the molecule is CO[Si](C)(C)c1cccc2cc3cc4ccccc4cc3cc12. The molecule has 0 aliphatic rings. The van der Waals surface area contributed by atoms with Crippen LogP contribution in [0.2, 0.25) is 13.1 Å². The summed E-state index contributed by atoms with van der Waals surface area (Å²) in [5.74, 6) is 0. The van der Waals surface area contributed by atoms with Gasteiger partial charge in [0.15, 0.2) is 0 Å². The maximum Gasteiger partial charge on any atom is 0.218 e. The lowest BCUT2D eigenvalue weighted by Crippen LogP contribution is -2.44. The summed E-state index contributed by atoms with van der Waals surface area (Å²) < 4.78 is 5.85. The lowest BCUT2D eigenvalue weighted by atomic mass is 10.00. The van der Waals surface area contributed by atoms with Crippen molar-refractivity contribution in [2.75, 3.05) is 7.11 Å². The minimum absolute atomic E-state index is 1.29. The van der Waals surface area contributed by atoms with Crippen LogP contribution in [0.3, 0.4) is 0 Å². The quantitative estimate of drug-likeness (QED) is 0.364. The Labute approximate surface area is 137 Å². The molecule has 1 nitrogen and oxygen atoms in total. The molecule has 0 amide bonds. The van der Waals surface area contributed by atoms with Crippen LogP contribution in [0.1, 0.15) is 0 Å². The molecule has 0 bridgehead atoms. The third-order valence-electron chi connectivity index (χ3n) is 4.86. The summed E-state index contributed by atoms with van der Waals surface area (Å²) in [6.07, 6.45) is 0. The molecule has 23 heavy (non-hydrogen) atoms. The summed E-state index contributed by atoms with van der Waals surface area (Å²) in [5.41, 5.74) is 0. The zero-order valence-corrected chi connectivity index (χ0v) is 14.8. The first-order chi connectivity index (χ1) is 11.1. The molecule has 0 fully saturated rings. The van der Waals surface area contributed by atoms with Gasteiger partial charge in [0.05, 0.1) is 0 Å². The minimum atomic E-state index is -1.86. The molecule has 0 N–H and O–H groups in total. The Bertz CT molecular complexity index is 1030. The van der Waals surface area contributed by atoms with Gasteiger partial charge in [-0.25, -0.2) is 0 Å². The van der Waals surface area contributed by atoms with Crippen LogP contribution in [0.25, 0.3) is 32.3 Å². The molecular weight excluding hydrogens is 296 g/mol. The fourth-order valence-electron chi connectivity index (χ4n) is 3.35. The van der Waals surface area contributed by atoms with E-state index in [0.717, 1.165) is 0 Å². The number of fused-ring (bicyclic) bond motifs is 3. The monoisotopic (exact) mass is 316 g/mol. The molecule has 4 rings (SSSR count). The highest BCUT2D eigenvalue weighted by atomic mass is 28.4. The molecule has 0 saturated carbocycles. The summed E-state index contributed by atoms with van der Waals surface area (Å²) in [7, 11) is -0.0259. The highest BCUT2D eigenvalue weighted by Crippen LogP contribution is 2.27. The Morgan fingerprint density at radius 3 is 1.87 bits per heavy atom. The van der Waals surface area contributed by atoms with Gasteiger partial charge < -0.3 is 4.43 Å². The van der Waals surface area contributed by atoms with Crippen molar-refractivity contribution in [3.8, 4) is 0 Å². The molecule has 0 heterocycles. The van der Waals surface area contributed by atoms with Gasteiger partial charge in [-0.1, -0.05) is 42.5 Å². The second kappa shape index (κ2) is 5.19. The third-order valence-corrected chi connectivity index (χ3v) is 7.61. The van der Waals surface area contributed by atoms with Gasteiger partial charge in [0, 0.05) is 7.11 Å². The van der Waals surface area contributed by atoms with Gasteiger partial charge in [0.25, 0.3) is 0 Å². The first kappa shape index (κ1) is 14.4. The van der Waals surface area contributed by atoms with E-state index >= 15 is 0 Å². The van der Waals surface area contributed by atoms with Crippen molar-refractivity contribution < 1.29 is 4.43 Å². The lowest BCUT2D eigenvalue weighted by Gasteiger charge is -2.22. The maximum absolute atomic E-state index is 5.85. The molecule has 0 radical (unpaired) electrons. The smallest absolute Gasteiger partial charge is 0.218 e. The second-order valence-corrected chi connectivity index (χ2v) is 10.6. The lowest BCUT2D eigenvalue weighted by molar-refractivity contribution is 0.416. The van der Waals surface area contributed by atoms with E-state index in [-0.39, 0.29) is 0 Å². The Kier molecular flexibility index (Phi) is 3.25. The highest BCUT2D eigenvalue weighted by Gasteiger charge is 2.25. The summed E-state index contributed by atoms with van der Waals surface area (Å²) in [6.45, 7) is 4.51. The van der Waals surface area contributed by atoms with Gasteiger partial charge in [0.1, 0.15) is 0 Å². The molecule has 4 aromatic carbocycles. The normalized spacial score (nSPS) is 12.3. The summed E-state index contributed by atoms with van der Waals surface area (Å²) >= 11 is 0. The zero-order chi connectivity index (χ0) is 16.0. The predicted molar refractivity (Wildman–Crippen MR) is 103 cm³/mol. The Morgan fingerprint density at radius 1 is 0.652 bits per heavy atom. The predicted octanol–water partition coefficient (Wildman–Crippen LogP) is 5.20. The van der Waals surface area contributed by atoms with E-state index in [9.17, 15) is 0 Å². The molecule has 2 heteroatoms. The molecule has 0 aliphatic heterocycles. The van der Waals surface area contributed by atoms with Crippen molar-refractivity contribution in [2.45, 2.75) is 13.1 Å². The van der Waals surface area contributed by atoms with Crippen molar-refractivity contribution in [3.63, 3.8) is 0 Å². The first-order valence-corrected chi connectivity index (χ1v) is 10.9. The van der Waals surface area contributed by atoms with E-state index in [1.807, 2.05) is 7.11 Å². The first-order valence-electron chi connectivity index (χ1n) is 7.99. The fraction of sp³-hybridized carbons (Fsp3) is 0.143. The van der Waals surface area contributed by atoms with Crippen LogP contribution in [0.4, 0.5) is 0 Å². The summed E-state index contributed by atoms with van der Waals surface area (Å²) in [5, 5.41) is 9.17. The Morgan fingerprint density at radius 2 is 1.22 bits per heavy atom. The minimum Gasteiger partial charge on any atom is -0.416 e. The zero-order valence-electron chi connectivity index (χ0n) is 13.8. The topological polar surface area (TPSA) is 9.23 Å². The molecule has 0 unspecified atom stereocenters. The van der Waals surface area contributed by atoms with Gasteiger partial charge in [-0.05, 0) is 74.9 Å². The van der Waals surface area contributed by atoms with E-state index in [1.54, 1.807) is 0 Å². The van der Waals surface area contributed by atoms with Gasteiger partial charge in [-0.15, -0.1) is 0 Å². The maximum atomic E-state index is 5.85. The summed E-state index contributed by atoms with van der Waals surface area (Å²) in [6, 6.07) is 24.4. The molecule has 0 aliphatic carbocycles. The van der Waals surface area contributed by atoms with E-state index in [0.29, 0.717) is 0 Å². The molecule has 0 atom stereocenters. The van der Waals surface area contributed by atoms with Gasteiger partial charge in [0.2, 0.25) is 8.32 Å². The van der Waals surface area contributed by atoms with Crippen LogP contribution in [0.5, 0.6) is 0 Å². The average molecular weight is 316 g/mol. The van der Waals surface area contributed by atoms with E-state index < -0.39 is 8.32 Å². The van der Waals surface area contributed by atoms with Crippen molar-refractivity contribution in [2.24, 2.45) is 0 Å². The number of hydrogen-bond donors (Lipinski definition) is 0. The van der Waals surface area contributed by atoms with Crippen LogP contribution in [0.15, 0.2) is 66.7 Å². The third kappa shape index (κ3) is 2.35. The van der Waals surface area contributed by atoms with Crippen molar-refractivity contribution >= 4 is 45.8 Å². The second-order valence-electron chi connectivity index (χ2n) is 6.64. The Balaban J connectivity index is 2.09. The highest BCUT2D eigenvalue weighted by molar-refractivity contribution is 6.86. The van der Waals surface area contributed by atoms with E-state index in [2.05, 4.69) is 79.8 Å². The van der Waals surface area contributed by atoms with Crippen LogP contribution in [0, 0.1) is 0 Å². The van der Waals surface area contributed by atoms with Gasteiger partial charge in [-0.3, -0.25) is 0 Å². The molecule has 0 spiro atoms. The number of benzene rings is 4. The standard InChI is InChI=1S/C21H20OSi/c1-22-23(2,3)21-10-6-9-17-13-18-11-15-7-4-5-8-16(15)12-19(18)14-20(17)21/h4-14H,1-3H3. The summed E-state index contributed by atoms with van der Waals surface area (Å²) in [4.78, 5) is 0. The van der Waals surface area contributed by atoms with E-state index in [4.69, 9.17) is 4.43 Å². The Hall–Kier alpha value is -2.16. The molecule has 4 aromatic rings. The average Bonchev–Trinajstić information content (AvgIpc) is 2.57. The molecule has 114 valence electrons. The largest absolute Gasteiger partial charge is 0.416 e. The van der Waals surface area contributed by atoms with E-state index in [1.165, 1.54) is 37.5 Å². The van der Waals surface area contributed by atoms with Gasteiger partial charge >= 0.3 is 0 Å². The van der Waals surface area contributed by atoms with Crippen molar-refractivity contribution in [1.29, 1.82) is 0 Å².